The van der Waals surface area contributed by atoms with Gasteiger partial charge >= 0.3 is 0 Å². The second-order valence-electron chi connectivity index (χ2n) is 7.66. The molecule has 0 aliphatic rings. The van der Waals surface area contributed by atoms with Crippen molar-refractivity contribution in [3.05, 3.63) is 46.0 Å². The van der Waals surface area contributed by atoms with Crippen molar-refractivity contribution in [3.8, 4) is 11.5 Å². The van der Waals surface area contributed by atoms with Gasteiger partial charge in [0.15, 0.2) is 0 Å². The Kier molecular flexibility index (Phi) is 10.2. The highest BCUT2D eigenvalue weighted by Gasteiger charge is 2.10. The second kappa shape index (κ2) is 12.8. The molecule has 2 heterocycles. The SMILES string of the molecule is Cc1ncc(CO)c(C=NCCCN(C)CCCN=Cc2c(CO)cnc(C)c2O)c1O. The molecular formula is C23H33N5O4. The Morgan fingerprint density at radius 3 is 1.59 bits per heavy atom. The van der Waals surface area contributed by atoms with Crippen LogP contribution < -0.4 is 0 Å². The summed E-state index contributed by atoms with van der Waals surface area (Å²) in [6, 6.07) is 0. The molecule has 0 aromatic carbocycles. The lowest BCUT2D eigenvalue weighted by molar-refractivity contribution is 0.280. The minimum Gasteiger partial charge on any atom is -0.505 e. The molecule has 0 atom stereocenters. The highest BCUT2D eigenvalue weighted by Crippen LogP contribution is 2.22. The molecule has 2 aromatic rings. The third kappa shape index (κ3) is 7.08. The molecule has 4 N–H and O–H groups in total. The summed E-state index contributed by atoms with van der Waals surface area (Å²) in [7, 11) is 2.04. The maximum Gasteiger partial charge on any atom is 0.145 e. The van der Waals surface area contributed by atoms with Gasteiger partial charge < -0.3 is 25.3 Å². The number of aliphatic hydroxyl groups is 2. The summed E-state index contributed by atoms with van der Waals surface area (Å²) in [6.07, 6.45) is 8.02. The van der Waals surface area contributed by atoms with Crippen LogP contribution in [-0.4, -0.2) is 80.9 Å². The smallest absolute Gasteiger partial charge is 0.145 e. The van der Waals surface area contributed by atoms with E-state index in [4.69, 9.17) is 0 Å². The zero-order valence-corrected chi connectivity index (χ0v) is 19.0. The van der Waals surface area contributed by atoms with Crippen LogP contribution in [0.15, 0.2) is 22.4 Å². The molecule has 0 bridgehead atoms. The van der Waals surface area contributed by atoms with Crippen molar-refractivity contribution in [2.45, 2.75) is 39.9 Å². The largest absolute Gasteiger partial charge is 0.505 e. The lowest BCUT2D eigenvalue weighted by Gasteiger charge is -2.15. The average Bonchev–Trinajstić information content (AvgIpc) is 2.78. The summed E-state index contributed by atoms with van der Waals surface area (Å²) in [5, 5.41) is 39.0. The van der Waals surface area contributed by atoms with E-state index in [1.165, 1.54) is 0 Å². The quantitative estimate of drug-likeness (QED) is 0.290. The van der Waals surface area contributed by atoms with Crippen LogP contribution in [0.25, 0.3) is 0 Å². The fourth-order valence-electron chi connectivity index (χ4n) is 3.13. The monoisotopic (exact) mass is 443 g/mol. The maximum atomic E-state index is 10.1. The summed E-state index contributed by atoms with van der Waals surface area (Å²) in [4.78, 5) is 19.0. The van der Waals surface area contributed by atoms with Gasteiger partial charge in [-0.15, -0.1) is 0 Å². The van der Waals surface area contributed by atoms with E-state index >= 15 is 0 Å². The summed E-state index contributed by atoms with van der Waals surface area (Å²) in [5.41, 5.74) is 3.16. The number of rotatable bonds is 12. The van der Waals surface area contributed by atoms with Gasteiger partial charge in [-0.05, 0) is 46.8 Å². The molecule has 0 amide bonds. The summed E-state index contributed by atoms with van der Waals surface area (Å²) in [6.45, 7) is 5.97. The maximum absolute atomic E-state index is 10.1. The Labute approximate surface area is 188 Å². The average molecular weight is 444 g/mol. The molecule has 0 saturated heterocycles. The molecule has 0 fully saturated rings. The molecule has 0 aliphatic heterocycles. The van der Waals surface area contributed by atoms with E-state index in [1.54, 1.807) is 38.7 Å². The molecule has 0 radical (unpaired) electrons. The Bertz CT molecular complexity index is 871. The lowest BCUT2D eigenvalue weighted by atomic mass is 10.1. The molecule has 0 aliphatic carbocycles. The number of pyridine rings is 2. The second-order valence-corrected chi connectivity index (χ2v) is 7.66. The van der Waals surface area contributed by atoms with E-state index < -0.39 is 0 Å². The van der Waals surface area contributed by atoms with Gasteiger partial charge in [0.1, 0.15) is 11.5 Å². The fourth-order valence-corrected chi connectivity index (χ4v) is 3.13. The van der Waals surface area contributed by atoms with Crippen LogP contribution >= 0.6 is 0 Å². The molecule has 0 spiro atoms. The summed E-state index contributed by atoms with van der Waals surface area (Å²) < 4.78 is 0. The van der Waals surface area contributed by atoms with Gasteiger partial charge in [0.2, 0.25) is 0 Å². The number of aromatic nitrogens is 2. The molecule has 2 aromatic heterocycles. The predicted octanol–water partition coefficient (Wildman–Crippen LogP) is 1.74. The zero-order valence-electron chi connectivity index (χ0n) is 19.0. The number of aromatic hydroxyl groups is 2. The highest BCUT2D eigenvalue weighted by molar-refractivity contribution is 5.86. The minimum absolute atomic E-state index is 0.0549. The van der Waals surface area contributed by atoms with Gasteiger partial charge in [-0.2, -0.15) is 0 Å². The van der Waals surface area contributed by atoms with Crippen molar-refractivity contribution < 1.29 is 20.4 Å². The third-order valence-corrected chi connectivity index (χ3v) is 5.15. The van der Waals surface area contributed by atoms with Gasteiger partial charge in [-0.3, -0.25) is 20.0 Å². The topological polar surface area (TPSA) is 135 Å². The first-order valence-corrected chi connectivity index (χ1v) is 10.6. The number of aliphatic hydroxyl groups excluding tert-OH is 2. The van der Waals surface area contributed by atoms with E-state index in [0.717, 1.165) is 25.9 Å². The number of hydrogen-bond donors (Lipinski definition) is 4. The Morgan fingerprint density at radius 2 is 1.22 bits per heavy atom. The van der Waals surface area contributed by atoms with Gasteiger partial charge in [0, 0.05) is 60.2 Å². The molecule has 9 nitrogen and oxygen atoms in total. The predicted molar refractivity (Wildman–Crippen MR) is 125 cm³/mol. The van der Waals surface area contributed by atoms with E-state index in [-0.39, 0.29) is 24.7 Å². The molecule has 2 rings (SSSR count). The Hall–Kier alpha value is -2.88. The number of nitrogens with zero attached hydrogens (tertiary/aromatic N) is 5. The Morgan fingerprint density at radius 1 is 0.812 bits per heavy atom. The van der Waals surface area contributed by atoms with Gasteiger partial charge in [0.05, 0.1) is 24.6 Å². The highest BCUT2D eigenvalue weighted by atomic mass is 16.3. The van der Waals surface area contributed by atoms with Crippen LogP contribution in [0.3, 0.4) is 0 Å². The molecule has 32 heavy (non-hydrogen) atoms. The number of aryl methyl sites for hydroxylation is 2. The van der Waals surface area contributed by atoms with E-state index in [9.17, 15) is 20.4 Å². The summed E-state index contributed by atoms with van der Waals surface area (Å²) in [5.74, 6) is 0.110. The number of aliphatic imine (C=N–C) groups is 2. The third-order valence-electron chi connectivity index (χ3n) is 5.15. The van der Waals surface area contributed by atoms with E-state index in [1.807, 2.05) is 7.05 Å². The molecule has 9 heteroatoms. The van der Waals surface area contributed by atoms with Crippen molar-refractivity contribution in [3.63, 3.8) is 0 Å². The van der Waals surface area contributed by atoms with Crippen molar-refractivity contribution in [2.75, 3.05) is 33.2 Å². The molecular weight excluding hydrogens is 410 g/mol. The van der Waals surface area contributed by atoms with Crippen molar-refractivity contribution in [1.29, 1.82) is 0 Å². The fraction of sp³-hybridized carbons (Fsp3) is 0.478. The van der Waals surface area contributed by atoms with Crippen molar-refractivity contribution in [1.82, 2.24) is 14.9 Å². The van der Waals surface area contributed by atoms with E-state index in [2.05, 4.69) is 24.9 Å². The standard InChI is InChI=1S/C23H33N5O4/c1-16-22(31)20(18(14-29)10-26-16)12-24-6-4-8-28(3)9-5-7-25-13-21-19(15-30)11-27-17(2)23(21)32/h10-13,29-32H,4-9,14-15H2,1-3H3. The van der Waals surface area contributed by atoms with Crippen molar-refractivity contribution in [2.24, 2.45) is 9.98 Å². The molecule has 0 saturated carbocycles. The first kappa shape index (κ1) is 25.4. The normalized spacial score (nSPS) is 11.9. The summed E-state index contributed by atoms with van der Waals surface area (Å²) >= 11 is 0. The van der Waals surface area contributed by atoms with Crippen LogP contribution in [0, 0.1) is 13.8 Å². The van der Waals surface area contributed by atoms with Gasteiger partial charge in [-0.25, -0.2) is 0 Å². The first-order chi connectivity index (χ1) is 15.4. The van der Waals surface area contributed by atoms with E-state index in [0.29, 0.717) is 46.7 Å². The van der Waals surface area contributed by atoms with Crippen LogP contribution in [0.4, 0.5) is 0 Å². The molecule has 174 valence electrons. The van der Waals surface area contributed by atoms with Crippen LogP contribution in [0.2, 0.25) is 0 Å². The van der Waals surface area contributed by atoms with Crippen LogP contribution in [-0.2, 0) is 13.2 Å². The first-order valence-electron chi connectivity index (χ1n) is 10.6. The van der Waals surface area contributed by atoms with Crippen molar-refractivity contribution >= 4 is 12.4 Å². The van der Waals surface area contributed by atoms with Gasteiger partial charge in [-0.1, -0.05) is 0 Å². The number of hydrogen-bond acceptors (Lipinski definition) is 9. The van der Waals surface area contributed by atoms with Gasteiger partial charge in [0.25, 0.3) is 0 Å². The van der Waals surface area contributed by atoms with Crippen LogP contribution in [0.1, 0.15) is 46.5 Å². The zero-order chi connectivity index (χ0) is 23.5. The molecule has 0 unspecified atom stereocenters. The minimum atomic E-state index is -0.199. The lowest BCUT2D eigenvalue weighted by Crippen LogP contribution is -2.22. The van der Waals surface area contributed by atoms with Crippen LogP contribution in [0.5, 0.6) is 11.5 Å². The Balaban J connectivity index is 1.72.